The Bertz CT molecular complexity index is 671. The van der Waals surface area contributed by atoms with E-state index in [-0.39, 0.29) is 11.8 Å². The van der Waals surface area contributed by atoms with Gasteiger partial charge in [-0.05, 0) is 30.9 Å². The van der Waals surface area contributed by atoms with Gasteiger partial charge in [-0.25, -0.2) is 4.98 Å². The number of aliphatic hydroxyl groups is 1. The monoisotopic (exact) mass is 319 g/mol. The number of benzene rings is 1. The van der Waals surface area contributed by atoms with E-state index in [1.807, 2.05) is 28.8 Å². The Morgan fingerprint density at radius 1 is 1.41 bits per heavy atom. The quantitative estimate of drug-likeness (QED) is 0.910. The van der Waals surface area contributed by atoms with Gasteiger partial charge in [-0.15, -0.1) is 0 Å². The zero-order valence-corrected chi connectivity index (χ0v) is 12.8. The van der Waals surface area contributed by atoms with Crippen LogP contribution in [0.15, 0.2) is 36.7 Å². The third kappa shape index (κ3) is 3.15. The molecule has 0 radical (unpaired) electrons. The highest BCUT2D eigenvalue weighted by molar-refractivity contribution is 6.31. The standard InChI is InChI=1S/C16H18ClN3O2/c17-13-6-2-1-4-11(13)10-20-9-8-18-16(20)19-15(22)12-5-3-7-14(12)21/h1-2,4,6,8-9,12,14,21H,3,5,7,10H2,(H,18,19,22). The van der Waals surface area contributed by atoms with E-state index >= 15 is 0 Å². The van der Waals surface area contributed by atoms with Crippen LogP contribution < -0.4 is 5.32 Å². The molecule has 0 bridgehead atoms. The number of rotatable bonds is 4. The minimum absolute atomic E-state index is 0.170. The average molecular weight is 320 g/mol. The predicted molar refractivity (Wildman–Crippen MR) is 84.8 cm³/mol. The highest BCUT2D eigenvalue weighted by Crippen LogP contribution is 2.26. The van der Waals surface area contributed by atoms with Crippen molar-refractivity contribution < 1.29 is 9.90 Å². The van der Waals surface area contributed by atoms with Gasteiger partial charge < -0.3 is 9.67 Å². The van der Waals surface area contributed by atoms with Crippen LogP contribution in [-0.4, -0.2) is 26.7 Å². The van der Waals surface area contributed by atoms with Crippen molar-refractivity contribution in [1.82, 2.24) is 9.55 Å². The lowest BCUT2D eigenvalue weighted by atomic mass is 10.1. The van der Waals surface area contributed by atoms with Gasteiger partial charge in [-0.3, -0.25) is 10.1 Å². The maximum atomic E-state index is 12.2. The number of halogens is 1. The molecule has 1 aromatic carbocycles. The lowest BCUT2D eigenvalue weighted by Gasteiger charge is -2.15. The molecule has 2 atom stereocenters. The summed E-state index contributed by atoms with van der Waals surface area (Å²) in [6.07, 6.45) is 5.17. The number of aromatic nitrogens is 2. The number of amides is 1. The van der Waals surface area contributed by atoms with Gasteiger partial charge in [0.15, 0.2) is 0 Å². The van der Waals surface area contributed by atoms with Crippen LogP contribution in [0.2, 0.25) is 5.02 Å². The summed E-state index contributed by atoms with van der Waals surface area (Å²) < 4.78 is 1.83. The Labute approximate surface area is 133 Å². The van der Waals surface area contributed by atoms with E-state index in [4.69, 9.17) is 11.6 Å². The van der Waals surface area contributed by atoms with Gasteiger partial charge in [0.2, 0.25) is 11.9 Å². The number of hydrogen-bond acceptors (Lipinski definition) is 3. The van der Waals surface area contributed by atoms with Crippen molar-refractivity contribution in [3.05, 3.63) is 47.2 Å². The van der Waals surface area contributed by atoms with Gasteiger partial charge >= 0.3 is 0 Å². The molecule has 116 valence electrons. The van der Waals surface area contributed by atoms with Crippen molar-refractivity contribution in [2.75, 3.05) is 5.32 Å². The van der Waals surface area contributed by atoms with Gasteiger partial charge in [0, 0.05) is 17.4 Å². The zero-order chi connectivity index (χ0) is 15.5. The van der Waals surface area contributed by atoms with E-state index < -0.39 is 6.10 Å². The van der Waals surface area contributed by atoms with E-state index in [1.54, 1.807) is 12.4 Å². The first-order valence-electron chi connectivity index (χ1n) is 7.38. The summed E-state index contributed by atoms with van der Waals surface area (Å²) >= 11 is 6.17. The molecule has 0 aliphatic heterocycles. The molecular weight excluding hydrogens is 302 g/mol. The topological polar surface area (TPSA) is 67.2 Å². The molecule has 3 rings (SSSR count). The van der Waals surface area contributed by atoms with E-state index in [9.17, 15) is 9.90 Å². The van der Waals surface area contributed by atoms with E-state index in [2.05, 4.69) is 10.3 Å². The SMILES string of the molecule is O=C(Nc1nccn1Cc1ccccc1Cl)C1CCCC1O. The average Bonchev–Trinajstić information content (AvgIpc) is 3.11. The first-order chi connectivity index (χ1) is 10.6. The number of nitrogens with one attached hydrogen (secondary N) is 1. The molecule has 1 fully saturated rings. The van der Waals surface area contributed by atoms with Crippen molar-refractivity contribution in [3.8, 4) is 0 Å². The van der Waals surface area contributed by atoms with Gasteiger partial charge in [-0.2, -0.15) is 0 Å². The number of hydrogen-bond donors (Lipinski definition) is 2. The summed E-state index contributed by atoms with van der Waals surface area (Å²) in [4.78, 5) is 16.4. The first-order valence-corrected chi connectivity index (χ1v) is 7.76. The maximum Gasteiger partial charge on any atom is 0.232 e. The molecule has 22 heavy (non-hydrogen) atoms. The van der Waals surface area contributed by atoms with Crippen LogP contribution in [0.4, 0.5) is 5.95 Å². The number of carbonyl (C=O) groups excluding carboxylic acids is 1. The maximum absolute atomic E-state index is 12.2. The number of imidazole rings is 1. The normalized spacial score (nSPS) is 21.0. The molecule has 0 spiro atoms. The van der Waals surface area contributed by atoms with Crippen LogP contribution in [0.25, 0.3) is 0 Å². The number of nitrogens with zero attached hydrogens (tertiary/aromatic N) is 2. The number of carbonyl (C=O) groups is 1. The second-order valence-corrected chi connectivity index (χ2v) is 5.97. The molecular formula is C16H18ClN3O2. The summed E-state index contributed by atoms with van der Waals surface area (Å²) in [5.74, 6) is -0.0360. The lowest BCUT2D eigenvalue weighted by Crippen LogP contribution is -2.29. The Morgan fingerprint density at radius 2 is 2.23 bits per heavy atom. The fraction of sp³-hybridized carbons (Fsp3) is 0.375. The van der Waals surface area contributed by atoms with Crippen LogP contribution in [0.5, 0.6) is 0 Å². The van der Waals surface area contributed by atoms with Crippen LogP contribution >= 0.6 is 11.6 Å². The van der Waals surface area contributed by atoms with E-state index in [1.165, 1.54) is 0 Å². The van der Waals surface area contributed by atoms with Crippen LogP contribution in [0.3, 0.4) is 0 Å². The fourth-order valence-electron chi connectivity index (χ4n) is 2.82. The molecule has 1 amide bonds. The number of anilines is 1. The molecule has 1 aliphatic carbocycles. The van der Waals surface area contributed by atoms with Gasteiger partial charge in [0.05, 0.1) is 18.6 Å². The lowest BCUT2D eigenvalue weighted by molar-refractivity contribution is -0.122. The Kier molecular flexibility index (Phi) is 4.45. The van der Waals surface area contributed by atoms with Crippen LogP contribution in [0.1, 0.15) is 24.8 Å². The highest BCUT2D eigenvalue weighted by atomic mass is 35.5. The van der Waals surface area contributed by atoms with Crippen molar-refractivity contribution >= 4 is 23.5 Å². The van der Waals surface area contributed by atoms with Crippen LogP contribution in [-0.2, 0) is 11.3 Å². The first kappa shape index (κ1) is 15.1. The van der Waals surface area contributed by atoms with Crippen LogP contribution in [0, 0.1) is 5.92 Å². The molecule has 1 heterocycles. The minimum Gasteiger partial charge on any atom is -0.392 e. The van der Waals surface area contributed by atoms with E-state index in [0.29, 0.717) is 23.9 Å². The molecule has 2 N–H and O–H groups in total. The second-order valence-electron chi connectivity index (χ2n) is 5.56. The Morgan fingerprint density at radius 3 is 2.95 bits per heavy atom. The predicted octanol–water partition coefficient (Wildman–Crippen LogP) is 2.68. The van der Waals surface area contributed by atoms with Gasteiger partial charge in [0.25, 0.3) is 0 Å². The molecule has 6 heteroatoms. The van der Waals surface area contributed by atoms with Crippen molar-refractivity contribution in [3.63, 3.8) is 0 Å². The largest absolute Gasteiger partial charge is 0.392 e. The van der Waals surface area contributed by atoms with Crippen molar-refractivity contribution in [1.29, 1.82) is 0 Å². The van der Waals surface area contributed by atoms with E-state index in [0.717, 1.165) is 18.4 Å². The van der Waals surface area contributed by atoms with Gasteiger partial charge in [0.1, 0.15) is 0 Å². The Hall–Kier alpha value is -1.85. The fourth-order valence-corrected chi connectivity index (χ4v) is 3.02. The molecule has 0 saturated heterocycles. The third-order valence-electron chi connectivity index (χ3n) is 4.07. The molecule has 1 saturated carbocycles. The summed E-state index contributed by atoms with van der Waals surface area (Å²) in [7, 11) is 0. The third-order valence-corrected chi connectivity index (χ3v) is 4.43. The summed E-state index contributed by atoms with van der Waals surface area (Å²) in [6, 6.07) is 7.57. The zero-order valence-electron chi connectivity index (χ0n) is 12.1. The summed E-state index contributed by atoms with van der Waals surface area (Å²) in [6.45, 7) is 0.530. The summed E-state index contributed by atoms with van der Waals surface area (Å²) in [5, 5.41) is 13.3. The number of aliphatic hydroxyl groups excluding tert-OH is 1. The summed E-state index contributed by atoms with van der Waals surface area (Å²) in [5.41, 5.74) is 0.957. The molecule has 1 aliphatic rings. The minimum atomic E-state index is -0.549. The molecule has 1 aromatic heterocycles. The Balaban J connectivity index is 1.72. The van der Waals surface area contributed by atoms with Crippen molar-refractivity contribution in [2.45, 2.75) is 31.9 Å². The van der Waals surface area contributed by atoms with Gasteiger partial charge in [-0.1, -0.05) is 29.8 Å². The van der Waals surface area contributed by atoms with Crippen molar-refractivity contribution in [2.24, 2.45) is 5.92 Å². The molecule has 2 unspecified atom stereocenters. The smallest absolute Gasteiger partial charge is 0.232 e. The second kappa shape index (κ2) is 6.50. The molecule has 5 nitrogen and oxygen atoms in total. The molecule has 2 aromatic rings. The highest BCUT2D eigenvalue weighted by Gasteiger charge is 2.31.